The number of carbonyl (C=O) groups is 1. The molecule has 0 radical (unpaired) electrons. The van der Waals surface area contributed by atoms with Crippen molar-refractivity contribution in [3.63, 3.8) is 0 Å². The van der Waals surface area contributed by atoms with Gasteiger partial charge in [0, 0.05) is 12.1 Å². The van der Waals surface area contributed by atoms with Gasteiger partial charge in [0.1, 0.15) is 30.3 Å². The minimum absolute atomic E-state index is 0.0847. The van der Waals surface area contributed by atoms with Crippen LogP contribution in [-0.2, 0) is 14.8 Å². The number of nitro groups is 1. The van der Waals surface area contributed by atoms with Crippen molar-refractivity contribution in [2.75, 3.05) is 37.4 Å². The molecule has 2 aromatic rings. The summed E-state index contributed by atoms with van der Waals surface area (Å²) >= 11 is 0. The van der Waals surface area contributed by atoms with E-state index < -0.39 is 27.4 Å². The molecule has 0 saturated carbocycles. The van der Waals surface area contributed by atoms with Crippen LogP contribution in [0.15, 0.2) is 42.5 Å². The summed E-state index contributed by atoms with van der Waals surface area (Å²) in [5.41, 5.74) is 0.666. The van der Waals surface area contributed by atoms with Crippen LogP contribution in [0.3, 0.4) is 0 Å². The van der Waals surface area contributed by atoms with Gasteiger partial charge in [0.15, 0.2) is 0 Å². The molecule has 0 heterocycles. The Morgan fingerprint density at radius 1 is 1.20 bits per heavy atom. The van der Waals surface area contributed by atoms with Crippen LogP contribution in [0, 0.1) is 17.0 Å². The summed E-state index contributed by atoms with van der Waals surface area (Å²) < 4.78 is 35.9. The number of aryl methyl sites for hydroxylation is 1. The molecule has 2 rings (SSSR count). The van der Waals surface area contributed by atoms with Crippen molar-refractivity contribution >= 4 is 27.3 Å². The van der Waals surface area contributed by atoms with Gasteiger partial charge in [-0.15, -0.1) is 0 Å². The van der Waals surface area contributed by atoms with E-state index in [1.54, 1.807) is 12.1 Å². The molecule has 30 heavy (non-hydrogen) atoms. The van der Waals surface area contributed by atoms with Crippen LogP contribution in [-0.4, -0.2) is 52.3 Å². The number of benzene rings is 2. The van der Waals surface area contributed by atoms with E-state index in [0.717, 1.165) is 22.2 Å². The summed E-state index contributed by atoms with van der Waals surface area (Å²) in [4.78, 5) is 22.7. The smallest absolute Gasteiger partial charge is 0.271 e. The predicted octanol–water partition coefficient (Wildman–Crippen LogP) is 1.87. The van der Waals surface area contributed by atoms with Gasteiger partial charge in [-0.2, -0.15) is 0 Å². The molecule has 0 aliphatic heterocycles. The minimum atomic E-state index is -3.93. The first-order valence-corrected chi connectivity index (χ1v) is 10.7. The topological polar surface area (TPSA) is 128 Å². The van der Waals surface area contributed by atoms with Gasteiger partial charge in [-0.1, -0.05) is 17.7 Å². The molecule has 0 fully saturated rings. The van der Waals surface area contributed by atoms with Crippen LogP contribution in [0.1, 0.15) is 5.56 Å². The fourth-order valence-electron chi connectivity index (χ4n) is 2.55. The summed E-state index contributed by atoms with van der Waals surface area (Å²) in [7, 11) is -2.63. The van der Waals surface area contributed by atoms with E-state index in [4.69, 9.17) is 9.47 Å². The van der Waals surface area contributed by atoms with Gasteiger partial charge in [-0.25, -0.2) is 8.42 Å². The van der Waals surface area contributed by atoms with Crippen molar-refractivity contribution in [2.24, 2.45) is 0 Å². The standard InChI is InChI=1S/C19H23N3O7S/c1-14-4-7-16(8-5-14)29-11-10-20-19(23)13-21(30(3,26)27)17-12-15(22(24)25)6-9-18(17)28-2/h4-9,12H,10-11,13H2,1-3H3,(H,20,23). The number of nitrogens with one attached hydrogen (secondary N) is 1. The van der Waals surface area contributed by atoms with E-state index >= 15 is 0 Å². The maximum absolute atomic E-state index is 12.3. The highest BCUT2D eigenvalue weighted by atomic mass is 32.2. The minimum Gasteiger partial charge on any atom is -0.495 e. The lowest BCUT2D eigenvalue weighted by atomic mass is 10.2. The van der Waals surface area contributed by atoms with Crippen LogP contribution in [0.2, 0.25) is 0 Å². The molecular weight excluding hydrogens is 414 g/mol. The third-order valence-corrected chi connectivity index (χ3v) is 5.17. The maximum atomic E-state index is 12.3. The Morgan fingerprint density at radius 2 is 1.87 bits per heavy atom. The molecule has 0 saturated heterocycles. The van der Waals surface area contributed by atoms with Gasteiger partial charge in [-0.05, 0) is 25.1 Å². The zero-order valence-electron chi connectivity index (χ0n) is 16.8. The number of hydrogen-bond acceptors (Lipinski definition) is 7. The van der Waals surface area contributed by atoms with Crippen LogP contribution in [0.4, 0.5) is 11.4 Å². The number of non-ortho nitro benzene ring substituents is 1. The number of amides is 1. The van der Waals surface area contributed by atoms with Crippen molar-refractivity contribution in [2.45, 2.75) is 6.92 Å². The molecule has 1 N–H and O–H groups in total. The third-order valence-electron chi connectivity index (χ3n) is 4.04. The molecule has 2 aromatic carbocycles. The van der Waals surface area contributed by atoms with Crippen molar-refractivity contribution < 1.29 is 27.6 Å². The van der Waals surface area contributed by atoms with Crippen molar-refractivity contribution in [3.05, 3.63) is 58.1 Å². The number of rotatable bonds is 10. The molecule has 0 bridgehead atoms. The Balaban J connectivity index is 2.06. The summed E-state index contributed by atoms with van der Waals surface area (Å²) in [5, 5.41) is 13.6. The van der Waals surface area contributed by atoms with Crippen LogP contribution >= 0.6 is 0 Å². The first-order valence-electron chi connectivity index (χ1n) is 8.88. The first-order chi connectivity index (χ1) is 14.1. The number of methoxy groups -OCH3 is 1. The summed E-state index contributed by atoms with van der Waals surface area (Å²) in [5.74, 6) is 0.136. The van der Waals surface area contributed by atoms with E-state index in [0.29, 0.717) is 5.75 Å². The molecule has 162 valence electrons. The zero-order valence-corrected chi connectivity index (χ0v) is 17.6. The lowest BCUT2D eigenvalue weighted by Gasteiger charge is -2.23. The highest BCUT2D eigenvalue weighted by molar-refractivity contribution is 7.92. The Bertz CT molecular complexity index is 1010. The summed E-state index contributed by atoms with van der Waals surface area (Å²) in [6, 6.07) is 10.9. The number of nitrogens with zero attached hydrogens (tertiary/aromatic N) is 2. The molecule has 0 aliphatic carbocycles. The van der Waals surface area contributed by atoms with Gasteiger partial charge < -0.3 is 14.8 Å². The second-order valence-corrected chi connectivity index (χ2v) is 8.30. The Hall–Kier alpha value is -3.34. The van der Waals surface area contributed by atoms with Crippen molar-refractivity contribution in [1.82, 2.24) is 5.32 Å². The van der Waals surface area contributed by atoms with Gasteiger partial charge in [-0.3, -0.25) is 19.2 Å². The predicted molar refractivity (Wildman–Crippen MR) is 112 cm³/mol. The van der Waals surface area contributed by atoms with E-state index in [1.807, 2.05) is 19.1 Å². The molecule has 0 aliphatic rings. The van der Waals surface area contributed by atoms with Crippen LogP contribution in [0.25, 0.3) is 0 Å². The molecule has 0 atom stereocenters. The molecule has 0 unspecified atom stereocenters. The van der Waals surface area contributed by atoms with Gasteiger partial charge in [0.05, 0.1) is 24.8 Å². The Labute approximate surface area is 174 Å². The number of ether oxygens (including phenoxy) is 2. The fourth-order valence-corrected chi connectivity index (χ4v) is 3.40. The van der Waals surface area contributed by atoms with E-state index in [2.05, 4.69) is 5.32 Å². The molecule has 10 nitrogen and oxygen atoms in total. The second-order valence-electron chi connectivity index (χ2n) is 6.39. The molecule has 0 aromatic heterocycles. The summed E-state index contributed by atoms with van der Waals surface area (Å²) in [6.07, 6.45) is 0.902. The van der Waals surface area contributed by atoms with E-state index in [1.165, 1.54) is 19.2 Å². The molecule has 0 spiro atoms. The normalized spacial score (nSPS) is 10.9. The van der Waals surface area contributed by atoms with Gasteiger partial charge in [0.25, 0.3) is 5.69 Å². The largest absolute Gasteiger partial charge is 0.495 e. The van der Waals surface area contributed by atoms with E-state index in [-0.39, 0.29) is 30.3 Å². The average Bonchev–Trinajstić information content (AvgIpc) is 2.69. The summed E-state index contributed by atoms with van der Waals surface area (Å²) in [6.45, 7) is 1.72. The Kier molecular flexibility index (Phi) is 7.59. The quantitative estimate of drug-likeness (QED) is 0.341. The number of hydrogen-bond donors (Lipinski definition) is 1. The van der Waals surface area contributed by atoms with Crippen molar-refractivity contribution in [1.29, 1.82) is 0 Å². The van der Waals surface area contributed by atoms with Crippen LogP contribution in [0.5, 0.6) is 11.5 Å². The molecular formula is C19H23N3O7S. The second kappa shape index (κ2) is 9.92. The maximum Gasteiger partial charge on any atom is 0.271 e. The van der Waals surface area contributed by atoms with E-state index in [9.17, 15) is 23.3 Å². The number of nitro benzene ring substituents is 1. The highest BCUT2D eigenvalue weighted by Crippen LogP contribution is 2.33. The third kappa shape index (κ3) is 6.34. The fraction of sp³-hybridized carbons (Fsp3) is 0.316. The number of carbonyl (C=O) groups excluding carboxylic acids is 1. The highest BCUT2D eigenvalue weighted by Gasteiger charge is 2.26. The Morgan fingerprint density at radius 3 is 2.43 bits per heavy atom. The van der Waals surface area contributed by atoms with Crippen molar-refractivity contribution in [3.8, 4) is 11.5 Å². The van der Waals surface area contributed by atoms with Crippen LogP contribution < -0.4 is 19.1 Å². The van der Waals surface area contributed by atoms with Gasteiger partial charge >= 0.3 is 0 Å². The lowest BCUT2D eigenvalue weighted by Crippen LogP contribution is -2.41. The zero-order chi connectivity index (χ0) is 22.3. The molecule has 11 heteroatoms. The first kappa shape index (κ1) is 22.9. The average molecular weight is 437 g/mol. The number of sulfonamides is 1. The SMILES string of the molecule is COc1ccc([N+](=O)[O-])cc1N(CC(=O)NCCOc1ccc(C)cc1)S(C)(=O)=O. The number of anilines is 1. The monoisotopic (exact) mass is 437 g/mol. The lowest BCUT2D eigenvalue weighted by molar-refractivity contribution is -0.384. The van der Waals surface area contributed by atoms with Gasteiger partial charge in [0.2, 0.25) is 15.9 Å². The molecule has 1 amide bonds.